The molecule has 1 aliphatic heterocycles. The van der Waals surface area contributed by atoms with Crippen LogP contribution in [0.4, 0.5) is 18.9 Å². The summed E-state index contributed by atoms with van der Waals surface area (Å²) in [5.74, 6) is -0.505. The SMILES string of the molecule is COc1ccc(CN2C(=O)C(CO)(CO)c3cc(OC(F)(F)F)ccc32)cc1. The second-order valence-corrected chi connectivity index (χ2v) is 6.36. The number of nitrogens with zero attached hydrogens (tertiary/aromatic N) is 1. The summed E-state index contributed by atoms with van der Waals surface area (Å²) in [7, 11) is 1.52. The van der Waals surface area contributed by atoms with Crippen molar-refractivity contribution < 1.29 is 37.7 Å². The Morgan fingerprint density at radius 3 is 2.18 bits per heavy atom. The van der Waals surface area contributed by atoms with Crippen molar-refractivity contribution in [2.24, 2.45) is 0 Å². The lowest BCUT2D eigenvalue weighted by Crippen LogP contribution is -2.45. The molecule has 0 atom stereocenters. The van der Waals surface area contributed by atoms with Gasteiger partial charge in [-0.3, -0.25) is 4.79 Å². The Balaban J connectivity index is 2.01. The fourth-order valence-electron chi connectivity index (χ4n) is 3.24. The van der Waals surface area contributed by atoms with Crippen LogP contribution in [0.15, 0.2) is 42.5 Å². The predicted molar refractivity (Wildman–Crippen MR) is 93.2 cm³/mol. The van der Waals surface area contributed by atoms with Crippen LogP contribution in [0.25, 0.3) is 0 Å². The summed E-state index contributed by atoms with van der Waals surface area (Å²) in [5.41, 5.74) is -0.620. The van der Waals surface area contributed by atoms with E-state index in [9.17, 15) is 28.2 Å². The summed E-state index contributed by atoms with van der Waals surface area (Å²) in [6.07, 6.45) is -4.90. The zero-order valence-electron chi connectivity index (χ0n) is 14.9. The van der Waals surface area contributed by atoms with Crippen molar-refractivity contribution in [2.75, 3.05) is 25.2 Å². The predicted octanol–water partition coefficient (Wildman–Crippen LogP) is 2.36. The summed E-state index contributed by atoms with van der Waals surface area (Å²) in [6, 6.07) is 10.3. The molecule has 3 rings (SSSR count). The van der Waals surface area contributed by atoms with Crippen molar-refractivity contribution in [1.82, 2.24) is 0 Å². The van der Waals surface area contributed by atoms with Crippen LogP contribution in [-0.2, 0) is 16.8 Å². The first-order valence-corrected chi connectivity index (χ1v) is 8.31. The first-order chi connectivity index (χ1) is 13.2. The van der Waals surface area contributed by atoms with Crippen molar-refractivity contribution in [3.8, 4) is 11.5 Å². The summed E-state index contributed by atoms with van der Waals surface area (Å²) in [5, 5.41) is 19.6. The van der Waals surface area contributed by atoms with Crippen molar-refractivity contribution in [3.63, 3.8) is 0 Å². The number of amides is 1. The summed E-state index contributed by atoms with van der Waals surface area (Å²) >= 11 is 0. The third kappa shape index (κ3) is 3.50. The van der Waals surface area contributed by atoms with Crippen LogP contribution in [0.3, 0.4) is 0 Å². The summed E-state index contributed by atoms with van der Waals surface area (Å²) in [4.78, 5) is 14.3. The lowest BCUT2D eigenvalue weighted by molar-refractivity contribution is -0.274. The largest absolute Gasteiger partial charge is 0.573 e. The molecular formula is C19H18F3NO5. The van der Waals surface area contributed by atoms with Gasteiger partial charge in [0.05, 0.1) is 26.9 Å². The summed E-state index contributed by atoms with van der Waals surface area (Å²) < 4.78 is 46.6. The molecule has 0 fully saturated rings. The average Bonchev–Trinajstić information content (AvgIpc) is 2.89. The third-order valence-electron chi connectivity index (χ3n) is 4.70. The number of ether oxygens (including phenoxy) is 2. The van der Waals surface area contributed by atoms with Crippen LogP contribution in [-0.4, -0.2) is 42.8 Å². The molecule has 1 amide bonds. The Bertz CT molecular complexity index is 863. The maximum Gasteiger partial charge on any atom is 0.573 e. The Labute approximate surface area is 158 Å². The van der Waals surface area contributed by atoms with E-state index in [4.69, 9.17) is 4.74 Å². The Hall–Kier alpha value is -2.78. The number of hydrogen-bond donors (Lipinski definition) is 2. The van der Waals surface area contributed by atoms with Gasteiger partial charge in [-0.15, -0.1) is 13.2 Å². The van der Waals surface area contributed by atoms with Crippen LogP contribution in [0.1, 0.15) is 11.1 Å². The molecule has 1 aliphatic rings. The fourth-order valence-corrected chi connectivity index (χ4v) is 3.24. The van der Waals surface area contributed by atoms with Gasteiger partial charge in [0.25, 0.3) is 0 Å². The Kier molecular flexibility index (Phi) is 5.22. The number of hydrogen-bond acceptors (Lipinski definition) is 5. The molecule has 0 aromatic heterocycles. The van der Waals surface area contributed by atoms with Gasteiger partial charge in [0.2, 0.25) is 5.91 Å². The van der Waals surface area contributed by atoms with Crippen LogP contribution in [0.2, 0.25) is 0 Å². The highest BCUT2D eigenvalue weighted by Gasteiger charge is 2.50. The number of rotatable bonds is 6. The van der Waals surface area contributed by atoms with Crippen molar-refractivity contribution in [2.45, 2.75) is 18.3 Å². The molecular weight excluding hydrogens is 379 g/mol. The molecule has 0 unspecified atom stereocenters. The minimum atomic E-state index is -4.90. The number of benzene rings is 2. The molecule has 1 heterocycles. The normalized spacial score (nSPS) is 15.5. The standard InChI is InChI=1S/C19H18F3NO5/c1-27-13-4-2-12(3-5-13)9-23-16-7-6-14(28-19(20,21)22)8-15(16)18(10-24,11-25)17(23)26/h2-8,24-25H,9-11H2,1H3. The first kappa shape index (κ1) is 20.0. The van der Waals surface area contributed by atoms with E-state index in [1.54, 1.807) is 24.3 Å². The van der Waals surface area contributed by atoms with Crippen molar-refractivity contribution >= 4 is 11.6 Å². The van der Waals surface area contributed by atoms with Gasteiger partial charge in [-0.2, -0.15) is 0 Å². The number of fused-ring (bicyclic) bond motifs is 1. The number of carbonyl (C=O) groups is 1. The minimum Gasteiger partial charge on any atom is -0.497 e. The van der Waals surface area contributed by atoms with Gasteiger partial charge in [0, 0.05) is 5.69 Å². The smallest absolute Gasteiger partial charge is 0.497 e. The van der Waals surface area contributed by atoms with Gasteiger partial charge < -0.3 is 24.6 Å². The molecule has 2 aromatic rings. The Morgan fingerprint density at radius 2 is 1.64 bits per heavy atom. The zero-order chi connectivity index (χ0) is 20.5. The molecule has 0 saturated heterocycles. The van der Waals surface area contributed by atoms with Gasteiger partial charge in [0.1, 0.15) is 16.9 Å². The van der Waals surface area contributed by atoms with E-state index in [1.807, 2.05) is 0 Å². The highest BCUT2D eigenvalue weighted by atomic mass is 19.4. The maximum absolute atomic E-state index is 13.0. The van der Waals surface area contributed by atoms with E-state index in [0.717, 1.165) is 17.7 Å². The average molecular weight is 397 g/mol. The lowest BCUT2D eigenvalue weighted by atomic mass is 9.83. The van der Waals surface area contributed by atoms with Crippen LogP contribution < -0.4 is 14.4 Å². The molecule has 0 spiro atoms. The van der Waals surface area contributed by atoms with Gasteiger partial charge in [-0.1, -0.05) is 12.1 Å². The van der Waals surface area contributed by atoms with Crippen LogP contribution >= 0.6 is 0 Å². The molecule has 9 heteroatoms. The quantitative estimate of drug-likeness (QED) is 0.783. The number of aliphatic hydroxyl groups excluding tert-OH is 2. The van der Waals surface area contributed by atoms with Gasteiger partial charge >= 0.3 is 6.36 Å². The zero-order valence-corrected chi connectivity index (χ0v) is 14.9. The van der Waals surface area contributed by atoms with Gasteiger partial charge in [-0.05, 0) is 41.5 Å². The Morgan fingerprint density at radius 1 is 1.04 bits per heavy atom. The van der Waals surface area contributed by atoms with Crippen LogP contribution in [0, 0.1) is 0 Å². The first-order valence-electron chi connectivity index (χ1n) is 8.31. The number of methoxy groups -OCH3 is 1. The summed E-state index contributed by atoms with van der Waals surface area (Å²) in [6.45, 7) is -1.41. The highest BCUT2D eigenvalue weighted by molar-refractivity contribution is 6.08. The molecule has 28 heavy (non-hydrogen) atoms. The number of aliphatic hydroxyl groups is 2. The molecule has 2 N–H and O–H groups in total. The lowest BCUT2D eigenvalue weighted by Gasteiger charge is -2.24. The van der Waals surface area contributed by atoms with E-state index < -0.39 is 36.6 Å². The van der Waals surface area contributed by atoms with E-state index in [0.29, 0.717) is 11.4 Å². The second kappa shape index (κ2) is 7.33. The molecule has 0 aliphatic carbocycles. The van der Waals surface area contributed by atoms with E-state index in [1.165, 1.54) is 18.1 Å². The second-order valence-electron chi connectivity index (χ2n) is 6.36. The molecule has 0 saturated carbocycles. The van der Waals surface area contributed by atoms with E-state index in [-0.39, 0.29) is 12.1 Å². The molecule has 0 bridgehead atoms. The minimum absolute atomic E-state index is 0.0813. The number of carbonyl (C=O) groups excluding carboxylic acids is 1. The van der Waals surface area contributed by atoms with Gasteiger partial charge in [0.15, 0.2) is 0 Å². The number of alkyl halides is 3. The maximum atomic E-state index is 13.0. The monoisotopic (exact) mass is 397 g/mol. The number of anilines is 1. The van der Waals surface area contributed by atoms with Crippen molar-refractivity contribution in [1.29, 1.82) is 0 Å². The van der Waals surface area contributed by atoms with Gasteiger partial charge in [-0.25, -0.2) is 0 Å². The molecule has 150 valence electrons. The molecule has 6 nitrogen and oxygen atoms in total. The fraction of sp³-hybridized carbons (Fsp3) is 0.316. The van der Waals surface area contributed by atoms with E-state index in [2.05, 4.69) is 4.74 Å². The van der Waals surface area contributed by atoms with Crippen molar-refractivity contribution in [3.05, 3.63) is 53.6 Å². The molecule has 0 radical (unpaired) electrons. The third-order valence-corrected chi connectivity index (χ3v) is 4.70. The molecule has 2 aromatic carbocycles. The topological polar surface area (TPSA) is 79.2 Å². The number of halogens is 3. The van der Waals surface area contributed by atoms with E-state index >= 15 is 0 Å². The highest BCUT2D eigenvalue weighted by Crippen LogP contribution is 2.44. The van der Waals surface area contributed by atoms with Crippen LogP contribution in [0.5, 0.6) is 11.5 Å².